The Morgan fingerprint density at radius 1 is 0.957 bits per heavy atom. The first-order valence-electron chi connectivity index (χ1n) is 7.71. The first-order valence-corrected chi connectivity index (χ1v) is 7.71. The Morgan fingerprint density at radius 2 is 1.65 bits per heavy atom. The molecule has 0 aliphatic heterocycles. The molecule has 2 aromatic carbocycles. The lowest BCUT2D eigenvalue weighted by Crippen LogP contribution is -2.22. The summed E-state index contributed by atoms with van der Waals surface area (Å²) in [6.45, 7) is 0.572. The van der Waals surface area contributed by atoms with Crippen LogP contribution < -0.4 is 5.32 Å². The predicted molar refractivity (Wildman–Crippen MR) is 90.2 cm³/mol. The second kappa shape index (κ2) is 7.40. The van der Waals surface area contributed by atoms with Crippen molar-refractivity contribution in [2.24, 2.45) is 0 Å². The van der Waals surface area contributed by atoms with Crippen molar-refractivity contribution >= 4 is 5.91 Å². The second-order valence-electron chi connectivity index (χ2n) is 5.39. The molecule has 116 valence electrons. The molecule has 0 aliphatic rings. The molecule has 1 aromatic heterocycles. The molecule has 23 heavy (non-hydrogen) atoms. The van der Waals surface area contributed by atoms with Gasteiger partial charge in [-0.2, -0.15) is 5.10 Å². The molecule has 3 rings (SSSR count). The van der Waals surface area contributed by atoms with E-state index in [1.54, 1.807) is 0 Å². The normalized spacial score (nSPS) is 10.4. The van der Waals surface area contributed by atoms with Gasteiger partial charge >= 0.3 is 0 Å². The molecule has 0 saturated carbocycles. The van der Waals surface area contributed by atoms with Gasteiger partial charge in [0, 0.05) is 19.2 Å². The van der Waals surface area contributed by atoms with E-state index in [9.17, 15) is 4.79 Å². The average molecular weight is 305 g/mol. The molecule has 0 atom stereocenters. The van der Waals surface area contributed by atoms with Crippen LogP contribution >= 0.6 is 0 Å². The van der Waals surface area contributed by atoms with Crippen molar-refractivity contribution in [2.75, 3.05) is 0 Å². The Kier molecular flexibility index (Phi) is 4.84. The number of hydrogen-bond acceptors (Lipinski definition) is 2. The first-order chi connectivity index (χ1) is 11.3. The number of benzene rings is 2. The third-order valence-electron chi connectivity index (χ3n) is 3.63. The van der Waals surface area contributed by atoms with Crippen molar-refractivity contribution < 1.29 is 4.79 Å². The SMILES string of the molecule is O=C(CCc1cnn(-c2ccccc2)c1)NCc1ccccc1. The first kappa shape index (κ1) is 15.0. The molecule has 1 heterocycles. The van der Waals surface area contributed by atoms with Crippen molar-refractivity contribution in [3.8, 4) is 5.69 Å². The van der Waals surface area contributed by atoms with Crippen LogP contribution in [0.5, 0.6) is 0 Å². The van der Waals surface area contributed by atoms with Crippen LogP contribution in [0.2, 0.25) is 0 Å². The standard InChI is InChI=1S/C19H19N3O/c23-19(20-13-16-7-3-1-4-8-16)12-11-17-14-21-22(15-17)18-9-5-2-6-10-18/h1-10,14-15H,11-13H2,(H,20,23). The van der Waals surface area contributed by atoms with E-state index in [1.165, 1.54) is 0 Å². The summed E-state index contributed by atoms with van der Waals surface area (Å²) in [4.78, 5) is 11.9. The van der Waals surface area contributed by atoms with E-state index in [0.717, 1.165) is 16.8 Å². The predicted octanol–water partition coefficient (Wildman–Crippen LogP) is 3.12. The highest BCUT2D eigenvalue weighted by Crippen LogP contribution is 2.09. The Bertz CT molecular complexity index is 751. The van der Waals surface area contributed by atoms with Gasteiger partial charge in [-0.3, -0.25) is 4.79 Å². The number of para-hydroxylation sites is 1. The number of carbonyl (C=O) groups excluding carboxylic acids is 1. The van der Waals surface area contributed by atoms with E-state index in [0.29, 0.717) is 19.4 Å². The average Bonchev–Trinajstić information content (AvgIpc) is 3.09. The highest BCUT2D eigenvalue weighted by atomic mass is 16.1. The van der Waals surface area contributed by atoms with Gasteiger partial charge in [-0.05, 0) is 29.7 Å². The fourth-order valence-electron chi connectivity index (χ4n) is 2.35. The van der Waals surface area contributed by atoms with E-state index in [2.05, 4.69) is 10.4 Å². The van der Waals surface area contributed by atoms with Crippen molar-refractivity contribution in [1.29, 1.82) is 0 Å². The third-order valence-corrected chi connectivity index (χ3v) is 3.63. The van der Waals surface area contributed by atoms with Gasteiger partial charge in [-0.25, -0.2) is 4.68 Å². The highest BCUT2D eigenvalue weighted by molar-refractivity contribution is 5.76. The summed E-state index contributed by atoms with van der Waals surface area (Å²) in [5.74, 6) is 0.0568. The number of amides is 1. The number of rotatable bonds is 6. The van der Waals surface area contributed by atoms with Gasteiger partial charge in [0.2, 0.25) is 5.91 Å². The number of carbonyl (C=O) groups is 1. The topological polar surface area (TPSA) is 46.9 Å². The molecule has 0 spiro atoms. The Balaban J connectivity index is 1.49. The van der Waals surface area contributed by atoms with Gasteiger partial charge in [-0.1, -0.05) is 48.5 Å². The summed E-state index contributed by atoms with van der Waals surface area (Å²) >= 11 is 0. The molecule has 1 amide bonds. The minimum absolute atomic E-state index is 0.0568. The zero-order chi connectivity index (χ0) is 15.9. The van der Waals surface area contributed by atoms with E-state index >= 15 is 0 Å². The van der Waals surface area contributed by atoms with Crippen LogP contribution in [0.25, 0.3) is 5.69 Å². The molecular formula is C19H19N3O. The fourth-order valence-corrected chi connectivity index (χ4v) is 2.35. The summed E-state index contributed by atoms with van der Waals surface area (Å²) in [5, 5.41) is 7.28. The Hall–Kier alpha value is -2.88. The third kappa shape index (κ3) is 4.30. The maximum absolute atomic E-state index is 11.9. The summed E-state index contributed by atoms with van der Waals surface area (Å²) < 4.78 is 1.83. The van der Waals surface area contributed by atoms with Crippen molar-refractivity contribution in [3.05, 3.63) is 84.2 Å². The van der Waals surface area contributed by atoms with Gasteiger partial charge in [-0.15, -0.1) is 0 Å². The molecule has 4 nitrogen and oxygen atoms in total. The van der Waals surface area contributed by atoms with Gasteiger partial charge in [0.1, 0.15) is 0 Å². The quantitative estimate of drug-likeness (QED) is 0.760. The molecule has 0 unspecified atom stereocenters. The van der Waals surface area contributed by atoms with Crippen LogP contribution in [0.4, 0.5) is 0 Å². The highest BCUT2D eigenvalue weighted by Gasteiger charge is 2.05. The molecule has 3 aromatic rings. The van der Waals surface area contributed by atoms with Crippen LogP contribution in [0.15, 0.2) is 73.1 Å². The molecule has 0 saturated heterocycles. The number of aryl methyl sites for hydroxylation is 1. The van der Waals surface area contributed by atoms with Crippen LogP contribution in [0.3, 0.4) is 0 Å². The maximum atomic E-state index is 11.9. The molecule has 1 N–H and O–H groups in total. The van der Waals surface area contributed by atoms with E-state index < -0.39 is 0 Å². The van der Waals surface area contributed by atoms with Gasteiger partial charge in [0.15, 0.2) is 0 Å². The number of aromatic nitrogens is 2. The second-order valence-corrected chi connectivity index (χ2v) is 5.39. The number of nitrogens with one attached hydrogen (secondary N) is 1. The number of hydrogen-bond donors (Lipinski definition) is 1. The Labute approximate surface area is 135 Å². The molecule has 0 radical (unpaired) electrons. The van der Waals surface area contributed by atoms with E-state index in [4.69, 9.17) is 0 Å². The molecule has 0 bridgehead atoms. The minimum atomic E-state index is 0.0568. The van der Waals surface area contributed by atoms with Crippen LogP contribution in [-0.2, 0) is 17.8 Å². The zero-order valence-electron chi connectivity index (χ0n) is 12.9. The smallest absolute Gasteiger partial charge is 0.220 e. The lowest BCUT2D eigenvalue weighted by atomic mass is 10.2. The minimum Gasteiger partial charge on any atom is -0.352 e. The summed E-state index contributed by atoms with van der Waals surface area (Å²) in [6, 6.07) is 19.9. The molecule has 0 fully saturated rings. The van der Waals surface area contributed by atoms with Gasteiger partial charge < -0.3 is 5.32 Å². The largest absolute Gasteiger partial charge is 0.352 e. The Morgan fingerprint density at radius 3 is 2.39 bits per heavy atom. The van der Waals surface area contributed by atoms with Crippen LogP contribution in [-0.4, -0.2) is 15.7 Å². The molecular weight excluding hydrogens is 286 g/mol. The zero-order valence-corrected chi connectivity index (χ0v) is 12.9. The molecule has 4 heteroatoms. The monoisotopic (exact) mass is 305 g/mol. The summed E-state index contributed by atoms with van der Waals surface area (Å²) in [5.41, 5.74) is 3.19. The van der Waals surface area contributed by atoms with Gasteiger partial charge in [0.05, 0.1) is 11.9 Å². The van der Waals surface area contributed by atoms with Crippen molar-refractivity contribution in [2.45, 2.75) is 19.4 Å². The van der Waals surface area contributed by atoms with E-state index in [-0.39, 0.29) is 5.91 Å². The fraction of sp³-hybridized carbons (Fsp3) is 0.158. The lowest BCUT2D eigenvalue weighted by molar-refractivity contribution is -0.121. The van der Waals surface area contributed by atoms with E-state index in [1.807, 2.05) is 77.7 Å². The van der Waals surface area contributed by atoms with Crippen molar-refractivity contribution in [1.82, 2.24) is 15.1 Å². The van der Waals surface area contributed by atoms with Gasteiger partial charge in [0.25, 0.3) is 0 Å². The summed E-state index contributed by atoms with van der Waals surface area (Å²) in [6.07, 6.45) is 4.94. The number of nitrogens with zero attached hydrogens (tertiary/aromatic N) is 2. The lowest BCUT2D eigenvalue weighted by Gasteiger charge is -2.04. The van der Waals surface area contributed by atoms with Crippen LogP contribution in [0.1, 0.15) is 17.5 Å². The molecule has 0 aliphatic carbocycles. The maximum Gasteiger partial charge on any atom is 0.220 e. The van der Waals surface area contributed by atoms with Crippen LogP contribution in [0, 0.1) is 0 Å². The summed E-state index contributed by atoms with van der Waals surface area (Å²) in [7, 11) is 0. The van der Waals surface area contributed by atoms with Crippen molar-refractivity contribution in [3.63, 3.8) is 0 Å².